The molecule has 1 aliphatic rings. The summed E-state index contributed by atoms with van der Waals surface area (Å²) < 4.78 is 1.90. The monoisotopic (exact) mass is 342 g/mol. The van der Waals surface area contributed by atoms with Gasteiger partial charge < -0.3 is 11.1 Å². The van der Waals surface area contributed by atoms with Gasteiger partial charge in [-0.25, -0.2) is 9.97 Å². The molecular formula is C16H18N6OS. The summed E-state index contributed by atoms with van der Waals surface area (Å²) in [6.07, 6.45) is 5.00. The molecule has 24 heavy (non-hydrogen) atoms. The number of hydrogen-bond acceptors (Lipinski definition) is 6. The van der Waals surface area contributed by atoms with Crippen molar-refractivity contribution in [1.82, 2.24) is 19.7 Å². The number of aryl methyl sites for hydroxylation is 1. The molecule has 3 aromatic rings. The number of nitrogens with one attached hydrogen (secondary N) is 1. The molecule has 0 saturated carbocycles. The van der Waals surface area contributed by atoms with Gasteiger partial charge in [-0.15, -0.1) is 11.3 Å². The molecule has 0 radical (unpaired) electrons. The van der Waals surface area contributed by atoms with E-state index in [1.54, 1.807) is 23.9 Å². The lowest BCUT2D eigenvalue weighted by molar-refractivity contribution is 0.0998. The number of anilines is 1. The highest BCUT2D eigenvalue weighted by atomic mass is 32.1. The fourth-order valence-corrected chi connectivity index (χ4v) is 4.09. The van der Waals surface area contributed by atoms with Crippen LogP contribution in [0.5, 0.6) is 0 Å². The van der Waals surface area contributed by atoms with Crippen LogP contribution < -0.4 is 11.1 Å². The van der Waals surface area contributed by atoms with Crippen molar-refractivity contribution in [3.05, 3.63) is 34.7 Å². The molecule has 0 fully saturated rings. The molecule has 7 nitrogen and oxygen atoms in total. The predicted molar refractivity (Wildman–Crippen MR) is 93.2 cm³/mol. The minimum atomic E-state index is -0.399. The number of carbonyl (C=O) groups is 1. The zero-order valence-corrected chi connectivity index (χ0v) is 14.1. The molecule has 8 heteroatoms. The number of hydrogen-bond donors (Lipinski definition) is 2. The van der Waals surface area contributed by atoms with Crippen LogP contribution in [0.1, 0.15) is 27.3 Å². The van der Waals surface area contributed by atoms with E-state index in [1.807, 2.05) is 4.68 Å². The first-order valence-corrected chi connectivity index (χ1v) is 8.73. The number of fused-ring (bicyclic) bond motifs is 2. The van der Waals surface area contributed by atoms with Crippen LogP contribution >= 0.6 is 11.3 Å². The van der Waals surface area contributed by atoms with Crippen LogP contribution in [0.2, 0.25) is 0 Å². The van der Waals surface area contributed by atoms with Gasteiger partial charge in [0.05, 0.1) is 22.8 Å². The number of nitrogens with zero attached hydrogens (tertiary/aromatic N) is 4. The summed E-state index contributed by atoms with van der Waals surface area (Å²) in [5.41, 5.74) is 6.89. The molecule has 1 aliphatic heterocycles. The molecule has 0 spiro atoms. The van der Waals surface area contributed by atoms with Crippen molar-refractivity contribution in [3.63, 3.8) is 0 Å². The molecule has 1 amide bonds. The summed E-state index contributed by atoms with van der Waals surface area (Å²) in [6, 6.07) is 2.12. The van der Waals surface area contributed by atoms with Crippen LogP contribution in [-0.4, -0.2) is 32.2 Å². The summed E-state index contributed by atoms with van der Waals surface area (Å²) in [5, 5.41) is 8.83. The van der Waals surface area contributed by atoms with E-state index in [1.165, 1.54) is 4.88 Å². The van der Waals surface area contributed by atoms with Gasteiger partial charge in [0.1, 0.15) is 17.0 Å². The lowest BCUT2D eigenvalue weighted by Crippen LogP contribution is -2.28. The normalized spacial score (nSPS) is 17.0. The van der Waals surface area contributed by atoms with E-state index in [-0.39, 0.29) is 0 Å². The zero-order chi connectivity index (χ0) is 16.7. The summed E-state index contributed by atoms with van der Waals surface area (Å²) >= 11 is 1.67. The Morgan fingerprint density at radius 1 is 1.50 bits per heavy atom. The van der Waals surface area contributed by atoms with Crippen LogP contribution in [0.15, 0.2) is 18.6 Å². The summed E-state index contributed by atoms with van der Waals surface area (Å²) in [4.78, 5) is 22.3. The Kier molecular flexibility index (Phi) is 3.68. The number of nitrogens with two attached hydrogens (primary N) is 1. The lowest BCUT2D eigenvalue weighted by Gasteiger charge is -2.24. The van der Waals surface area contributed by atoms with Crippen molar-refractivity contribution in [2.75, 3.05) is 11.9 Å². The van der Waals surface area contributed by atoms with Crippen LogP contribution in [-0.2, 0) is 13.0 Å². The molecule has 0 unspecified atom stereocenters. The van der Waals surface area contributed by atoms with E-state index in [0.717, 1.165) is 47.7 Å². The fraction of sp³-hybridized carbons (Fsp3) is 0.375. The van der Waals surface area contributed by atoms with Gasteiger partial charge in [-0.2, -0.15) is 5.10 Å². The Hall–Kier alpha value is -2.48. The Balaban J connectivity index is 1.47. The maximum atomic E-state index is 11.4. The molecule has 0 bridgehead atoms. The molecule has 4 rings (SSSR count). The number of amides is 1. The Bertz CT molecular complexity index is 915. The van der Waals surface area contributed by atoms with Crippen molar-refractivity contribution in [3.8, 4) is 0 Å². The Morgan fingerprint density at radius 2 is 2.38 bits per heavy atom. The second-order valence-electron chi connectivity index (χ2n) is 6.14. The molecule has 0 aromatic carbocycles. The van der Waals surface area contributed by atoms with E-state index in [9.17, 15) is 4.79 Å². The van der Waals surface area contributed by atoms with Crippen molar-refractivity contribution in [2.24, 2.45) is 11.7 Å². The van der Waals surface area contributed by atoms with Gasteiger partial charge in [0, 0.05) is 18.0 Å². The first kappa shape index (κ1) is 15.1. The van der Waals surface area contributed by atoms with E-state index >= 15 is 0 Å². The average molecular weight is 342 g/mol. The molecule has 1 atom stereocenters. The number of aromatic nitrogens is 4. The van der Waals surface area contributed by atoms with E-state index in [2.05, 4.69) is 33.4 Å². The van der Waals surface area contributed by atoms with Gasteiger partial charge in [0.25, 0.3) is 5.91 Å². The number of primary amides is 1. The third-order valence-corrected chi connectivity index (χ3v) is 5.40. The van der Waals surface area contributed by atoms with Crippen LogP contribution in [0.25, 0.3) is 10.2 Å². The number of thiophene rings is 1. The minimum Gasteiger partial charge on any atom is -0.369 e. The first-order chi connectivity index (χ1) is 11.6. The second kappa shape index (κ2) is 5.86. The van der Waals surface area contributed by atoms with E-state index in [4.69, 9.17) is 5.73 Å². The summed E-state index contributed by atoms with van der Waals surface area (Å²) in [7, 11) is 0. The van der Waals surface area contributed by atoms with Crippen molar-refractivity contribution in [1.29, 1.82) is 0 Å². The Labute approximate surface area is 142 Å². The van der Waals surface area contributed by atoms with Gasteiger partial charge in [0.15, 0.2) is 0 Å². The smallest absolute Gasteiger partial charge is 0.252 e. The van der Waals surface area contributed by atoms with Crippen LogP contribution in [0.3, 0.4) is 0 Å². The predicted octanol–water partition coefficient (Wildman–Crippen LogP) is 1.97. The van der Waals surface area contributed by atoms with Crippen LogP contribution in [0.4, 0.5) is 5.82 Å². The molecule has 3 aromatic heterocycles. The highest BCUT2D eigenvalue weighted by Gasteiger charge is 2.24. The molecule has 4 heterocycles. The van der Waals surface area contributed by atoms with Crippen molar-refractivity contribution in [2.45, 2.75) is 26.3 Å². The third kappa shape index (κ3) is 2.62. The number of rotatable bonds is 4. The lowest BCUT2D eigenvalue weighted by atomic mass is 9.96. The molecule has 0 aliphatic carbocycles. The zero-order valence-electron chi connectivity index (χ0n) is 13.3. The standard InChI is InChI=1S/C16H18N6OS/c1-9-4-11-15(19-8-20-16(11)24-9)18-5-10-2-3-13-12(14(17)23)6-21-22(13)7-10/h4,6,8,10H,2-3,5,7H2,1H3,(H2,17,23)(H,18,19,20)/t10-/m1/s1. The summed E-state index contributed by atoms with van der Waals surface area (Å²) in [5.74, 6) is 0.917. The quantitative estimate of drug-likeness (QED) is 0.755. The first-order valence-electron chi connectivity index (χ1n) is 7.91. The van der Waals surface area contributed by atoms with E-state index < -0.39 is 5.91 Å². The van der Waals surface area contributed by atoms with Crippen LogP contribution in [0, 0.1) is 12.8 Å². The maximum absolute atomic E-state index is 11.4. The largest absolute Gasteiger partial charge is 0.369 e. The van der Waals surface area contributed by atoms with Crippen molar-refractivity contribution >= 4 is 33.3 Å². The van der Waals surface area contributed by atoms with Gasteiger partial charge in [0.2, 0.25) is 0 Å². The Morgan fingerprint density at radius 3 is 3.21 bits per heavy atom. The molecule has 124 valence electrons. The fourth-order valence-electron chi connectivity index (χ4n) is 3.24. The SMILES string of the molecule is Cc1cc2c(NC[C@H]3CCc4c(C(N)=O)cnn4C3)ncnc2s1. The third-order valence-electron chi connectivity index (χ3n) is 4.45. The number of carbonyl (C=O) groups excluding carboxylic acids is 1. The summed E-state index contributed by atoms with van der Waals surface area (Å²) in [6.45, 7) is 3.67. The highest BCUT2D eigenvalue weighted by Crippen LogP contribution is 2.28. The van der Waals surface area contributed by atoms with E-state index in [0.29, 0.717) is 11.5 Å². The van der Waals surface area contributed by atoms with Gasteiger partial charge in [-0.1, -0.05) is 0 Å². The van der Waals surface area contributed by atoms with Gasteiger partial charge >= 0.3 is 0 Å². The van der Waals surface area contributed by atoms with Gasteiger partial charge in [-0.05, 0) is 31.7 Å². The molecule has 3 N–H and O–H groups in total. The van der Waals surface area contributed by atoms with Crippen molar-refractivity contribution < 1.29 is 4.79 Å². The molecular weight excluding hydrogens is 324 g/mol. The topological polar surface area (TPSA) is 98.7 Å². The second-order valence-corrected chi connectivity index (χ2v) is 7.37. The van der Waals surface area contributed by atoms with Gasteiger partial charge in [-0.3, -0.25) is 9.48 Å². The molecule has 0 saturated heterocycles. The highest BCUT2D eigenvalue weighted by molar-refractivity contribution is 7.18. The maximum Gasteiger partial charge on any atom is 0.252 e. The minimum absolute atomic E-state index is 0.399. The average Bonchev–Trinajstić information content (AvgIpc) is 3.14.